The van der Waals surface area contributed by atoms with Crippen LogP contribution in [0.4, 0.5) is 5.82 Å². The molecule has 1 aromatic rings. The highest BCUT2D eigenvalue weighted by molar-refractivity contribution is 5.92. The number of nitrogens with zero attached hydrogens (tertiary/aromatic N) is 3. The van der Waals surface area contributed by atoms with Crippen LogP contribution >= 0.6 is 0 Å². The van der Waals surface area contributed by atoms with Crippen molar-refractivity contribution in [2.24, 2.45) is 5.92 Å². The summed E-state index contributed by atoms with van der Waals surface area (Å²) in [5.74, 6) is 0.297. The fourth-order valence-corrected chi connectivity index (χ4v) is 1.98. The second-order valence-electron chi connectivity index (χ2n) is 4.38. The second kappa shape index (κ2) is 4.67. The van der Waals surface area contributed by atoms with Crippen LogP contribution in [0.15, 0.2) is 12.1 Å². The first-order chi connectivity index (χ1) is 8.08. The molecule has 0 spiro atoms. The molecule has 6 nitrogen and oxygen atoms in total. The number of likely N-dealkylation sites (tertiary alicyclic amines) is 1. The molecule has 0 bridgehead atoms. The number of anilines is 1. The van der Waals surface area contributed by atoms with Crippen LogP contribution in [0.25, 0.3) is 0 Å². The zero-order chi connectivity index (χ0) is 12.4. The summed E-state index contributed by atoms with van der Waals surface area (Å²) in [6, 6.07) is 3.13. The molecule has 2 heterocycles. The molecule has 2 unspecified atom stereocenters. The van der Waals surface area contributed by atoms with Crippen molar-refractivity contribution in [3.63, 3.8) is 0 Å². The third-order valence-corrected chi connectivity index (χ3v) is 3.10. The summed E-state index contributed by atoms with van der Waals surface area (Å²) in [5, 5.41) is 16.9. The first-order valence-corrected chi connectivity index (χ1v) is 5.64. The number of amides is 1. The maximum Gasteiger partial charge on any atom is 0.274 e. The van der Waals surface area contributed by atoms with Crippen LogP contribution in [0.3, 0.4) is 0 Å². The second-order valence-corrected chi connectivity index (χ2v) is 4.38. The van der Waals surface area contributed by atoms with E-state index in [1.54, 1.807) is 24.0 Å². The van der Waals surface area contributed by atoms with E-state index in [0.717, 1.165) is 6.42 Å². The van der Waals surface area contributed by atoms with Crippen LogP contribution in [0.5, 0.6) is 0 Å². The van der Waals surface area contributed by atoms with Crippen molar-refractivity contribution in [2.45, 2.75) is 19.4 Å². The van der Waals surface area contributed by atoms with Gasteiger partial charge in [0.15, 0.2) is 5.69 Å². The average Bonchev–Trinajstić information content (AvgIpc) is 2.78. The molecule has 0 aliphatic carbocycles. The Morgan fingerprint density at radius 2 is 2.35 bits per heavy atom. The van der Waals surface area contributed by atoms with Gasteiger partial charge in [-0.3, -0.25) is 4.79 Å². The number of carbonyl (C=O) groups excluding carboxylic acids is 1. The standard InChI is InChI=1S/C11H16N4O2/c1-7(16)8-4-5-15(6-8)11(17)9-2-3-10(12)14-13-9/h2-3,7-8,16H,4-6H2,1H3,(H2,12,14). The Bertz CT molecular complexity index is 404. The lowest BCUT2D eigenvalue weighted by molar-refractivity contribution is 0.0755. The molecule has 1 amide bonds. The monoisotopic (exact) mass is 236 g/mol. The summed E-state index contributed by atoms with van der Waals surface area (Å²) in [5.41, 5.74) is 5.71. The molecule has 1 saturated heterocycles. The van der Waals surface area contributed by atoms with E-state index in [2.05, 4.69) is 10.2 Å². The van der Waals surface area contributed by atoms with Gasteiger partial charge in [0, 0.05) is 19.0 Å². The van der Waals surface area contributed by atoms with Gasteiger partial charge in [0.2, 0.25) is 0 Å². The van der Waals surface area contributed by atoms with Crippen molar-refractivity contribution in [1.29, 1.82) is 0 Å². The summed E-state index contributed by atoms with van der Waals surface area (Å²) in [6.45, 7) is 2.98. The van der Waals surface area contributed by atoms with Gasteiger partial charge in [-0.2, -0.15) is 0 Å². The molecular weight excluding hydrogens is 220 g/mol. The summed E-state index contributed by atoms with van der Waals surface area (Å²) < 4.78 is 0. The predicted molar refractivity (Wildman–Crippen MR) is 62.1 cm³/mol. The van der Waals surface area contributed by atoms with Gasteiger partial charge >= 0.3 is 0 Å². The lowest BCUT2D eigenvalue weighted by Crippen LogP contribution is -2.31. The fraction of sp³-hybridized carbons (Fsp3) is 0.545. The summed E-state index contributed by atoms with van der Waals surface area (Å²) in [6.07, 6.45) is 0.441. The van der Waals surface area contributed by atoms with Crippen LogP contribution in [-0.2, 0) is 0 Å². The smallest absolute Gasteiger partial charge is 0.274 e. The number of aliphatic hydroxyl groups is 1. The molecule has 6 heteroatoms. The van der Waals surface area contributed by atoms with Gasteiger partial charge in [-0.05, 0) is 25.5 Å². The van der Waals surface area contributed by atoms with E-state index in [-0.39, 0.29) is 17.9 Å². The van der Waals surface area contributed by atoms with Crippen molar-refractivity contribution >= 4 is 11.7 Å². The molecule has 1 aliphatic heterocycles. The van der Waals surface area contributed by atoms with Crippen LogP contribution in [0.2, 0.25) is 0 Å². The third-order valence-electron chi connectivity index (χ3n) is 3.10. The molecule has 0 aromatic carbocycles. The molecule has 2 atom stereocenters. The maximum atomic E-state index is 12.0. The molecule has 2 rings (SSSR count). The molecule has 3 N–H and O–H groups in total. The number of aromatic nitrogens is 2. The number of rotatable bonds is 2. The Morgan fingerprint density at radius 3 is 2.88 bits per heavy atom. The molecule has 17 heavy (non-hydrogen) atoms. The lowest BCUT2D eigenvalue weighted by atomic mass is 10.0. The van der Waals surface area contributed by atoms with E-state index >= 15 is 0 Å². The van der Waals surface area contributed by atoms with Gasteiger partial charge in [0.25, 0.3) is 5.91 Å². The largest absolute Gasteiger partial charge is 0.393 e. The van der Waals surface area contributed by atoms with E-state index in [1.165, 1.54) is 0 Å². The highest BCUT2D eigenvalue weighted by Gasteiger charge is 2.30. The third kappa shape index (κ3) is 2.52. The van der Waals surface area contributed by atoms with E-state index in [4.69, 9.17) is 5.73 Å². The van der Waals surface area contributed by atoms with Crippen LogP contribution < -0.4 is 5.73 Å². The minimum Gasteiger partial charge on any atom is -0.393 e. The Kier molecular flexibility index (Phi) is 3.23. The van der Waals surface area contributed by atoms with Gasteiger partial charge in [0.1, 0.15) is 5.82 Å². The molecule has 92 valence electrons. The Labute approximate surface area is 99.4 Å². The molecule has 0 radical (unpaired) electrons. The zero-order valence-corrected chi connectivity index (χ0v) is 9.71. The first kappa shape index (κ1) is 11.8. The molecule has 1 aliphatic rings. The minimum absolute atomic E-state index is 0.152. The van der Waals surface area contributed by atoms with Crippen molar-refractivity contribution in [1.82, 2.24) is 15.1 Å². The Balaban J connectivity index is 2.04. The number of nitrogen functional groups attached to an aromatic ring is 1. The number of hydrogen-bond donors (Lipinski definition) is 2. The van der Waals surface area contributed by atoms with Crippen molar-refractivity contribution in [2.75, 3.05) is 18.8 Å². The molecule has 1 fully saturated rings. The number of carbonyl (C=O) groups is 1. The summed E-state index contributed by atoms with van der Waals surface area (Å²) in [7, 11) is 0. The number of hydrogen-bond acceptors (Lipinski definition) is 5. The van der Waals surface area contributed by atoms with Gasteiger partial charge in [-0.1, -0.05) is 0 Å². The van der Waals surface area contributed by atoms with Crippen LogP contribution in [-0.4, -0.2) is 45.3 Å². The van der Waals surface area contributed by atoms with Crippen molar-refractivity contribution in [3.8, 4) is 0 Å². The maximum absolute atomic E-state index is 12.0. The quantitative estimate of drug-likeness (QED) is 0.748. The van der Waals surface area contributed by atoms with Crippen molar-refractivity contribution < 1.29 is 9.90 Å². The Morgan fingerprint density at radius 1 is 1.59 bits per heavy atom. The topological polar surface area (TPSA) is 92.3 Å². The average molecular weight is 236 g/mol. The minimum atomic E-state index is -0.384. The predicted octanol–water partition coefficient (Wildman–Crippen LogP) is -0.0983. The Hall–Kier alpha value is -1.69. The SMILES string of the molecule is CC(O)C1CCN(C(=O)c2ccc(N)nn2)C1. The zero-order valence-electron chi connectivity index (χ0n) is 9.71. The van der Waals surface area contributed by atoms with E-state index in [9.17, 15) is 9.90 Å². The molecule has 0 saturated carbocycles. The van der Waals surface area contributed by atoms with E-state index in [0.29, 0.717) is 24.6 Å². The summed E-state index contributed by atoms with van der Waals surface area (Å²) >= 11 is 0. The van der Waals surface area contributed by atoms with Gasteiger partial charge in [-0.25, -0.2) is 0 Å². The van der Waals surface area contributed by atoms with E-state index < -0.39 is 0 Å². The van der Waals surface area contributed by atoms with E-state index in [1.807, 2.05) is 0 Å². The molecular formula is C11H16N4O2. The fourth-order valence-electron chi connectivity index (χ4n) is 1.98. The van der Waals surface area contributed by atoms with Crippen molar-refractivity contribution in [3.05, 3.63) is 17.8 Å². The highest BCUT2D eigenvalue weighted by atomic mass is 16.3. The highest BCUT2D eigenvalue weighted by Crippen LogP contribution is 2.20. The normalized spacial score (nSPS) is 21.5. The van der Waals surface area contributed by atoms with Crippen LogP contribution in [0, 0.1) is 5.92 Å². The number of nitrogens with two attached hydrogens (primary N) is 1. The van der Waals surface area contributed by atoms with Crippen LogP contribution in [0.1, 0.15) is 23.8 Å². The van der Waals surface area contributed by atoms with Gasteiger partial charge in [-0.15, -0.1) is 10.2 Å². The lowest BCUT2D eigenvalue weighted by Gasteiger charge is -2.16. The number of aliphatic hydroxyl groups excluding tert-OH is 1. The van der Waals surface area contributed by atoms with Gasteiger partial charge < -0.3 is 15.7 Å². The molecule has 1 aromatic heterocycles. The van der Waals surface area contributed by atoms with Gasteiger partial charge in [0.05, 0.1) is 6.10 Å². The summed E-state index contributed by atoms with van der Waals surface area (Å²) in [4.78, 5) is 13.7. The first-order valence-electron chi connectivity index (χ1n) is 5.64.